The zero-order chi connectivity index (χ0) is 26.8. The second-order valence-electron chi connectivity index (χ2n) is 10.7. The number of hydrogen-bond donors (Lipinski definition) is 1. The molecule has 0 aliphatic carbocycles. The van der Waals surface area contributed by atoms with Gasteiger partial charge >= 0.3 is 0 Å². The lowest BCUT2D eigenvalue weighted by atomic mass is 9.99. The lowest BCUT2D eigenvalue weighted by Crippen LogP contribution is -2.44. The lowest BCUT2D eigenvalue weighted by molar-refractivity contribution is -0.134. The largest absolute Gasteiger partial charge is 0.339 e. The first-order valence-corrected chi connectivity index (χ1v) is 13.5. The van der Waals surface area contributed by atoms with Crippen molar-refractivity contribution in [3.63, 3.8) is 0 Å². The topological polar surface area (TPSA) is 86.1 Å². The van der Waals surface area contributed by atoms with E-state index in [1.54, 1.807) is 4.52 Å². The van der Waals surface area contributed by atoms with Gasteiger partial charge in [-0.25, -0.2) is 4.52 Å². The number of amides is 2. The Morgan fingerprint density at radius 1 is 1.08 bits per heavy atom. The van der Waals surface area contributed by atoms with Crippen molar-refractivity contribution in [2.24, 2.45) is 5.92 Å². The number of nitrogens with zero attached hydrogens (tertiary/aromatic N) is 6. The minimum atomic E-state index is 0.00536. The fourth-order valence-corrected chi connectivity index (χ4v) is 5.27. The molecule has 1 N–H and O–H groups in total. The van der Waals surface area contributed by atoms with E-state index in [9.17, 15) is 9.59 Å². The molecule has 1 saturated heterocycles. The van der Waals surface area contributed by atoms with Crippen LogP contribution in [0.3, 0.4) is 0 Å². The summed E-state index contributed by atoms with van der Waals surface area (Å²) in [4.78, 5) is 36.2. The fourth-order valence-electron chi connectivity index (χ4n) is 5.27. The molecule has 0 spiro atoms. The van der Waals surface area contributed by atoms with Gasteiger partial charge in [0.2, 0.25) is 11.9 Å². The van der Waals surface area contributed by atoms with Crippen molar-refractivity contribution >= 4 is 34.7 Å². The summed E-state index contributed by atoms with van der Waals surface area (Å²) in [7, 11) is 4.03. The molecule has 0 unspecified atom stereocenters. The number of rotatable bonds is 6. The molecule has 0 atom stereocenters. The van der Waals surface area contributed by atoms with Gasteiger partial charge in [0.1, 0.15) is 0 Å². The summed E-state index contributed by atoms with van der Waals surface area (Å²) >= 11 is 0. The highest BCUT2D eigenvalue weighted by Gasteiger charge is 2.25. The smallest absolute Gasteiger partial charge is 0.253 e. The van der Waals surface area contributed by atoms with Crippen molar-refractivity contribution in [1.82, 2.24) is 29.3 Å². The van der Waals surface area contributed by atoms with E-state index in [1.165, 1.54) is 5.57 Å². The summed E-state index contributed by atoms with van der Waals surface area (Å²) in [6.07, 6.45) is 6.81. The number of carbonyl (C=O) groups excluding carboxylic acids is 2. The highest BCUT2D eigenvalue weighted by atomic mass is 16.2. The molecule has 1 aromatic carbocycles. The van der Waals surface area contributed by atoms with Gasteiger partial charge in [-0.05, 0) is 81.4 Å². The van der Waals surface area contributed by atoms with Crippen LogP contribution in [-0.4, -0.2) is 87.4 Å². The quantitative estimate of drug-likeness (QED) is 0.536. The molecule has 2 amide bonds. The second kappa shape index (κ2) is 10.9. The molecule has 1 fully saturated rings. The Hall–Kier alpha value is -3.72. The number of likely N-dealkylation sites (tertiary alicyclic amines) is 1. The Morgan fingerprint density at radius 3 is 2.47 bits per heavy atom. The van der Waals surface area contributed by atoms with Crippen LogP contribution in [-0.2, 0) is 4.79 Å². The Balaban J connectivity index is 1.27. The average Bonchev–Trinajstić information content (AvgIpc) is 3.35. The van der Waals surface area contributed by atoms with Crippen LogP contribution in [0.5, 0.6) is 0 Å². The van der Waals surface area contributed by atoms with Crippen LogP contribution >= 0.6 is 0 Å². The summed E-state index contributed by atoms with van der Waals surface area (Å²) in [5.74, 6) is 0.739. The second-order valence-corrected chi connectivity index (χ2v) is 10.7. The number of aromatic nitrogens is 3. The molecule has 2 aliphatic heterocycles. The van der Waals surface area contributed by atoms with E-state index in [1.807, 2.05) is 67.2 Å². The van der Waals surface area contributed by atoms with Gasteiger partial charge in [0.05, 0.1) is 0 Å². The van der Waals surface area contributed by atoms with Gasteiger partial charge < -0.3 is 20.0 Å². The molecule has 0 bridgehead atoms. The third kappa shape index (κ3) is 5.43. The summed E-state index contributed by atoms with van der Waals surface area (Å²) in [6.45, 7) is 7.24. The zero-order valence-electron chi connectivity index (χ0n) is 22.7. The van der Waals surface area contributed by atoms with Crippen molar-refractivity contribution in [2.45, 2.75) is 39.2 Å². The van der Waals surface area contributed by atoms with Crippen LogP contribution in [0, 0.1) is 5.92 Å². The summed E-state index contributed by atoms with van der Waals surface area (Å²) in [5, 5.41) is 7.88. The van der Waals surface area contributed by atoms with Gasteiger partial charge in [-0.15, -0.1) is 5.10 Å². The number of carbonyl (C=O) groups is 2. The molecule has 5 rings (SSSR count). The van der Waals surface area contributed by atoms with Crippen molar-refractivity contribution in [3.05, 3.63) is 59.8 Å². The first-order valence-electron chi connectivity index (χ1n) is 13.5. The molecule has 0 saturated carbocycles. The lowest BCUT2D eigenvalue weighted by Gasteiger charge is -2.35. The average molecular weight is 516 g/mol. The first-order chi connectivity index (χ1) is 18.3. The van der Waals surface area contributed by atoms with Crippen molar-refractivity contribution in [2.75, 3.05) is 45.6 Å². The van der Waals surface area contributed by atoms with Crippen molar-refractivity contribution in [1.29, 1.82) is 0 Å². The molecule has 9 heteroatoms. The minimum Gasteiger partial charge on any atom is -0.339 e. The Kier molecular flexibility index (Phi) is 7.46. The van der Waals surface area contributed by atoms with Crippen LogP contribution in [0.15, 0.2) is 48.7 Å². The van der Waals surface area contributed by atoms with E-state index in [-0.39, 0.29) is 23.8 Å². The number of nitrogens with one attached hydrogen (secondary N) is 1. The van der Waals surface area contributed by atoms with Crippen LogP contribution < -0.4 is 5.32 Å². The summed E-state index contributed by atoms with van der Waals surface area (Å²) < 4.78 is 1.78. The maximum atomic E-state index is 13.0. The third-order valence-corrected chi connectivity index (χ3v) is 7.67. The van der Waals surface area contributed by atoms with Gasteiger partial charge in [0, 0.05) is 55.1 Å². The van der Waals surface area contributed by atoms with Gasteiger partial charge in [-0.2, -0.15) is 4.98 Å². The SMILES string of the molecule is CC(C)C(=O)N1CC=C(c2cccn3nc(Nc4ccc(C(=O)N(C)C5CCN(C)CC5)cc4)nc23)CC1. The van der Waals surface area contributed by atoms with Crippen LogP contribution in [0.25, 0.3) is 11.2 Å². The molecule has 0 radical (unpaired) electrons. The van der Waals surface area contributed by atoms with E-state index in [0.717, 1.165) is 49.2 Å². The molecular weight excluding hydrogens is 478 g/mol. The van der Waals surface area contributed by atoms with E-state index >= 15 is 0 Å². The third-order valence-electron chi connectivity index (χ3n) is 7.67. The first kappa shape index (κ1) is 25.9. The molecule has 3 aromatic rings. The molecule has 4 heterocycles. The predicted octanol–water partition coefficient (Wildman–Crippen LogP) is 3.91. The number of benzene rings is 1. The maximum Gasteiger partial charge on any atom is 0.253 e. The molecule has 2 aliphatic rings. The minimum absolute atomic E-state index is 0.00536. The van der Waals surface area contributed by atoms with Gasteiger partial charge in [0.25, 0.3) is 5.91 Å². The Labute approximate surface area is 224 Å². The van der Waals surface area contributed by atoms with Crippen LogP contribution in [0.4, 0.5) is 11.6 Å². The fraction of sp³-hybridized carbons (Fsp3) is 0.448. The number of anilines is 2. The predicted molar refractivity (Wildman–Crippen MR) is 149 cm³/mol. The summed E-state index contributed by atoms with van der Waals surface area (Å²) in [6, 6.07) is 11.8. The standard InChI is InChI=1S/C29H37N7O2/c1-20(2)27(37)35-18-11-21(12-19-35)25-6-5-15-36-26(25)31-29(32-36)30-23-9-7-22(8-10-23)28(38)34(4)24-13-16-33(3)17-14-24/h5-11,15,20,24H,12-14,16-19H2,1-4H3,(H,30,32). The van der Waals surface area contributed by atoms with Crippen LogP contribution in [0.1, 0.15) is 49.0 Å². The van der Waals surface area contributed by atoms with E-state index in [0.29, 0.717) is 24.6 Å². The number of piperidine rings is 1. The molecule has 200 valence electrons. The highest BCUT2D eigenvalue weighted by Crippen LogP contribution is 2.27. The van der Waals surface area contributed by atoms with Gasteiger partial charge in [-0.3, -0.25) is 9.59 Å². The van der Waals surface area contributed by atoms with Crippen LogP contribution in [0.2, 0.25) is 0 Å². The van der Waals surface area contributed by atoms with E-state index < -0.39 is 0 Å². The highest BCUT2D eigenvalue weighted by molar-refractivity contribution is 5.94. The number of pyridine rings is 1. The zero-order valence-corrected chi connectivity index (χ0v) is 22.7. The van der Waals surface area contributed by atoms with Crippen molar-refractivity contribution < 1.29 is 9.59 Å². The molecular formula is C29H37N7O2. The van der Waals surface area contributed by atoms with Gasteiger partial charge in [-0.1, -0.05) is 19.9 Å². The number of hydrogen-bond acceptors (Lipinski definition) is 6. The molecule has 9 nitrogen and oxygen atoms in total. The van der Waals surface area contributed by atoms with E-state index in [4.69, 9.17) is 4.98 Å². The molecule has 2 aromatic heterocycles. The molecule has 38 heavy (non-hydrogen) atoms. The Bertz CT molecular complexity index is 1340. The normalized spacial score (nSPS) is 17.1. The van der Waals surface area contributed by atoms with E-state index in [2.05, 4.69) is 34.5 Å². The van der Waals surface area contributed by atoms with Gasteiger partial charge in [0.15, 0.2) is 5.65 Å². The monoisotopic (exact) mass is 515 g/mol. The van der Waals surface area contributed by atoms with Crippen molar-refractivity contribution in [3.8, 4) is 0 Å². The summed E-state index contributed by atoms with van der Waals surface area (Å²) in [5.41, 5.74) is 4.48. The maximum absolute atomic E-state index is 13.0. The number of fused-ring (bicyclic) bond motifs is 1. The Morgan fingerprint density at radius 2 is 1.82 bits per heavy atom.